The predicted octanol–water partition coefficient (Wildman–Crippen LogP) is 1.77. The van der Waals surface area contributed by atoms with Crippen LogP contribution in [0.5, 0.6) is 0 Å². The van der Waals surface area contributed by atoms with E-state index in [2.05, 4.69) is 10.2 Å². The maximum absolute atomic E-state index is 12.2. The third kappa shape index (κ3) is 3.96. The summed E-state index contributed by atoms with van der Waals surface area (Å²) in [7, 11) is 0. The highest BCUT2D eigenvalue weighted by atomic mass is 16.6. The van der Waals surface area contributed by atoms with Gasteiger partial charge in [-0.3, -0.25) is 14.9 Å². The first-order valence-electron chi connectivity index (χ1n) is 7.69. The van der Waals surface area contributed by atoms with Gasteiger partial charge in [0, 0.05) is 30.6 Å². The van der Waals surface area contributed by atoms with Crippen molar-refractivity contribution in [2.75, 3.05) is 26.2 Å². The molecule has 1 aromatic heterocycles. The number of hydrogen-bond donors (Lipinski definition) is 1. The molecule has 0 saturated heterocycles. The zero-order chi connectivity index (χ0) is 17.7. The summed E-state index contributed by atoms with van der Waals surface area (Å²) in [5.74, 6) is -0.552. The van der Waals surface area contributed by atoms with Crippen molar-refractivity contribution >= 4 is 22.6 Å². The molecule has 0 aliphatic heterocycles. The van der Waals surface area contributed by atoms with Gasteiger partial charge in [-0.05, 0) is 25.2 Å². The van der Waals surface area contributed by atoms with Gasteiger partial charge in [-0.2, -0.15) is 0 Å². The highest BCUT2D eigenvalue weighted by Gasteiger charge is 2.15. The maximum atomic E-state index is 12.2. The third-order valence-corrected chi connectivity index (χ3v) is 3.78. The monoisotopic (exact) mass is 333 g/mol. The molecule has 1 aromatic carbocycles. The molecule has 2 rings (SSSR count). The fraction of sp³-hybridized carbons (Fsp3) is 0.375. The Morgan fingerprint density at radius 1 is 1.29 bits per heavy atom. The topological polar surface area (TPSA) is 106 Å². The number of rotatable bonds is 7. The molecule has 0 fully saturated rings. The first-order valence-corrected chi connectivity index (χ1v) is 7.69. The van der Waals surface area contributed by atoms with Gasteiger partial charge < -0.3 is 14.6 Å². The van der Waals surface area contributed by atoms with Crippen LogP contribution in [0.3, 0.4) is 0 Å². The quantitative estimate of drug-likeness (QED) is 0.470. The van der Waals surface area contributed by atoms with Crippen LogP contribution < -0.4 is 10.9 Å². The van der Waals surface area contributed by atoms with Gasteiger partial charge in [0.2, 0.25) is 0 Å². The lowest BCUT2D eigenvalue weighted by molar-refractivity contribution is -0.384. The molecule has 2 aromatic rings. The van der Waals surface area contributed by atoms with Crippen LogP contribution in [-0.4, -0.2) is 41.9 Å². The van der Waals surface area contributed by atoms with Gasteiger partial charge in [0.15, 0.2) is 0 Å². The first kappa shape index (κ1) is 17.6. The molecule has 0 atom stereocenters. The number of non-ortho nitro benzene ring substituents is 1. The standard InChI is InChI=1S/C16H19N3O5/c1-3-18(4-2)8-7-17-15(20)13-10-11-9-12(19(22)23)5-6-14(11)24-16(13)21/h5-6,9-10H,3-4,7-8H2,1-2H3,(H,17,20). The van der Waals surface area contributed by atoms with Gasteiger partial charge >= 0.3 is 5.63 Å². The van der Waals surface area contributed by atoms with Crippen molar-refractivity contribution in [3.63, 3.8) is 0 Å². The summed E-state index contributed by atoms with van der Waals surface area (Å²) in [5, 5.41) is 13.8. The molecule has 1 amide bonds. The Kier molecular flexibility index (Phi) is 5.64. The van der Waals surface area contributed by atoms with Gasteiger partial charge in [0.25, 0.3) is 11.6 Å². The van der Waals surface area contributed by atoms with Gasteiger partial charge in [-0.25, -0.2) is 4.79 Å². The predicted molar refractivity (Wildman–Crippen MR) is 89.3 cm³/mol. The second-order valence-corrected chi connectivity index (χ2v) is 5.21. The molecule has 8 nitrogen and oxygen atoms in total. The fourth-order valence-electron chi connectivity index (χ4n) is 2.35. The highest BCUT2D eigenvalue weighted by Crippen LogP contribution is 2.20. The van der Waals surface area contributed by atoms with Crippen LogP contribution in [0, 0.1) is 10.1 Å². The average molecular weight is 333 g/mol. The Morgan fingerprint density at radius 3 is 2.62 bits per heavy atom. The fourth-order valence-corrected chi connectivity index (χ4v) is 2.35. The second kappa shape index (κ2) is 7.69. The molecule has 0 aliphatic rings. The van der Waals surface area contributed by atoms with E-state index in [1.54, 1.807) is 0 Å². The van der Waals surface area contributed by atoms with Crippen LogP contribution >= 0.6 is 0 Å². The number of carbonyl (C=O) groups is 1. The van der Waals surface area contributed by atoms with Gasteiger partial charge in [0.1, 0.15) is 11.1 Å². The van der Waals surface area contributed by atoms with E-state index in [1.807, 2.05) is 13.8 Å². The Morgan fingerprint density at radius 2 is 2.00 bits per heavy atom. The van der Waals surface area contributed by atoms with E-state index in [4.69, 9.17) is 4.42 Å². The van der Waals surface area contributed by atoms with E-state index < -0.39 is 16.5 Å². The van der Waals surface area contributed by atoms with E-state index in [0.29, 0.717) is 18.5 Å². The van der Waals surface area contributed by atoms with Crippen LogP contribution in [0.2, 0.25) is 0 Å². The number of nitro benzene ring substituents is 1. The molecule has 0 spiro atoms. The number of carbonyl (C=O) groups excluding carboxylic acids is 1. The van der Waals surface area contributed by atoms with Crippen molar-refractivity contribution in [2.24, 2.45) is 0 Å². The van der Waals surface area contributed by atoms with Gasteiger partial charge in [-0.1, -0.05) is 13.8 Å². The number of hydrogen-bond acceptors (Lipinski definition) is 6. The minimum Gasteiger partial charge on any atom is -0.422 e. The van der Waals surface area contributed by atoms with Crippen LogP contribution in [0.25, 0.3) is 11.0 Å². The summed E-state index contributed by atoms with van der Waals surface area (Å²) in [6.07, 6.45) is 0. The molecule has 1 heterocycles. The second-order valence-electron chi connectivity index (χ2n) is 5.21. The molecular weight excluding hydrogens is 314 g/mol. The largest absolute Gasteiger partial charge is 0.422 e. The highest BCUT2D eigenvalue weighted by molar-refractivity contribution is 5.96. The number of nitro groups is 1. The van der Waals surface area contributed by atoms with E-state index in [-0.39, 0.29) is 16.8 Å². The Bertz CT molecular complexity index is 811. The average Bonchev–Trinajstić information content (AvgIpc) is 2.57. The zero-order valence-corrected chi connectivity index (χ0v) is 13.6. The summed E-state index contributed by atoms with van der Waals surface area (Å²) in [6, 6.07) is 5.18. The van der Waals surface area contributed by atoms with Crippen molar-refractivity contribution in [3.8, 4) is 0 Å². The van der Waals surface area contributed by atoms with E-state index in [1.165, 1.54) is 24.3 Å². The number of fused-ring (bicyclic) bond motifs is 1. The molecule has 24 heavy (non-hydrogen) atoms. The number of nitrogens with zero attached hydrogens (tertiary/aromatic N) is 2. The number of likely N-dealkylation sites (N-methyl/N-ethyl adjacent to an activating group) is 1. The van der Waals surface area contributed by atoms with Crippen LogP contribution in [0.4, 0.5) is 5.69 Å². The van der Waals surface area contributed by atoms with Crippen molar-refractivity contribution in [2.45, 2.75) is 13.8 Å². The summed E-state index contributed by atoms with van der Waals surface area (Å²) in [4.78, 5) is 36.5. The summed E-state index contributed by atoms with van der Waals surface area (Å²) in [5.41, 5.74) is -0.867. The molecule has 128 valence electrons. The third-order valence-electron chi connectivity index (χ3n) is 3.78. The van der Waals surface area contributed by atoms with E-state index in [9.17, 15) is 19.7 Å². The maximum Gasteiger partial charge on any atom is 0.349 e. The number of amides is 1. The normalized spacial score (nSPS) is 11.0. The molecule has 0 saturated carbocycles. The lowest BCUT2D eigenvalue weighted by Crippen LogP contribution is -2.36. The molecule has 1 N–H and O–H groups in total. The van der Waals surface area contributed by atoms with Crippen LogP contribution in [0.1, 0.15) is 24.2 Å². The van der Waals surface area contributed by atoms with Crippen molar-refractivity contribution < 1.29 is 14.1 Å². The van der Waals surface area contributed by atoms with Crippen LogP contribution in [-0.2, 0) is 0 Å². The van der Waals surface area contributed by atoms with Gasteiger partial charge in [0.05, 0.1) is 4.92 Å². The Hall–Kier alpha value is -2.74. The summed E-state index contributed by atoms with van der Waals surface area (Å²) >= 11 is 0. The number of nitrogens with one attached hydrogen (secondary N) is 1. The first-order chi connectivity index (χ1) is 11.5. The van der Waals surface area contributed by atoms with Gasteiger partial charge in [-0.15, -0.1) is 0 Å². The molecule has 0 aliphatic carbocycles. The van der Waals surface area contributed by atoms with E-state index >= 15 is 0 Å². The minimum absolute atomic E-state index is 0.135. The molecule has 0 unspecified atom stereocenters. The van der Waals surface area contributed by atoms with Crippen LogP contribution in [0.15, 0.2) is 33.5 Å². The smallest absolute Gasteiger partial charge is 0.349 e. The van der Waals surface area contributed by atoms with Crippen molar-refractivity contribution in [1.29, 1.82) is 0 Å². The zero-order valence-electron chi connectivity index (χ0n) is 13.6. The lowest BCUT2D eigenvalue weighted by Gasteiger charge is -2.17. The van der Waals surface area contributed by atoms with E-state index in [0.717, 1.165) is 13.1 Å². The summed E-state index contributed by atoms with van der Waals surface area (Å²) in [6.45, 7) is 6.85. The molecular formula is C16H19N3O5. The SMILES string of the molecule is CCN(CC)CCNC(=O)c1cc2cc([N+](=O)[O-])ccc2oc1=O. The molecule has 0 bridgehead atoms. The lowest BCUT2D eigenvalue weighted by atomic mass is 10.1. The number of benzene rings is 1. The molecule has 8 heteroatoms. The molecule has 0 radical (unpaired) electrons. The van der Waals surface area contributed by atoms with Crippen molar-refractivity contribution in [3.05, 3.63) is 50.4 Å². The van der Waals surface area contributed by atoms with Crippen molar-refractivity contribution in [1.82, 2.24) is 10.2 Å². The summed E-state index contributed by atoms with van der Waals surface area (Å²) < 4.78 is 5.07. The minimum atomic E-state index is -0.767. The Balaban J connectivity index is 2.21. The Labute approximate surface area is 138 Å².